The molecule has 0 rings (SSSR count). The number of unbranched alkanes of at least 4 members (excludes halogenated alkanes) is 2. The molecule has 0 radical (unpaired) electrons. The molecule has 0 aromatic rings. The fourth-order valence-corrected chi connectivity index (χ4v) is 2.43. The number of carbonyl (C=O) groups is 2. The van der Waals surface area contributed by atoms with E-state index in [2.05, 4.69) is 11.4 Å². The molecule has 1 atom stereocenters. The van der Waals surface area contributed by atoms with Gasteiger partial charge in [0, 0.05) is 6.42 Å². The molecule has 0 fully saturated rings. The number of nitrogens with zero attached hydrogens (tertiary/aromatic N) is 1. The van der Waals surface area contributed by atoms with Crippen LogP contribution >= 0.6 is 11.8 Å². The highest BCUT2D eigenvalue weighted by atomic mass is 32.2. The molecule has 6 nitrogen and oxygen atoms in total. The first kappa shape index (κ1) is 19.6. The molecular weight excluding hydrogens is 292 g/mol. The molecule has 0 aromatic heterocycles. The van der Waals surface area contributed by atoms with Crippen molar-refractivity contribution in [1.29, 1.82) is 5.26 Å². The monoisotopic (exact) mass is 316 g/mol. The van der Waals surface area contributed by atoms with Gasteiger partial charge in [-0.15, -0.1) is 0 Å². The van der Waals surface area contributed by atoms with Gasteiger partial charge in [-0.1, -0.05) is 0 Å². The van der Waals surface area contributed by atoms with Crippen LogP contribution in [-0.4, -0.2) is 40.3 Å². The molecule has 0 aliphatic rings. The van der Waals surface area contributed by atoms with Crippen molar-refractivity contribution in [3.63, 3.8) is 0 Å². The molecule has 0 bridgehead atoms. The van der Waals surface area contributed by atoms with E-state index in [1.54, 1.807) is 32.5 Å². The van der Waals surface area contributed by atoms with Gasteiger partial charge in [-0.3, -0.25) is 0 Å². The van der Waals surface area contributed by atoms with Crippen LogP contribution in [-0.2, 0) is 9.53 Å². The maximum atomic E-state index is 11.5. The smallest absolute Gasteiger partial charge is 0.408 e. The van der Waals surface area contributed by atoms with E-state index in [4.69, 9.17) is 15.1 Å². The third-order valence-electron chi connectivity index (χ3n) is 2.37. The Morgan fingerprint density at radius 1 is 1.33 bits per heavy atom. The summed E-state index contributed by atoms with van der Waals surface area (Å²) in [5.41, 5.74) is -0.650. The van der Waals surface area contributed by atoms with E-state index >= 15 is 0 Å². The SMILES string of the molecule is CC(C)(C)OC(=O)NC(CCSCCCCC#N)C(=O)O. The summed E-state index contributed by atoms with van der Waals surface area (Å²) < 4.78 is 5.04. The van der Waals surface area contributed by atoms with Crippen molar-refractivity contribution in [1.82, 2.24) is 5.32 Å². The van der Waals surface area contributed by atoms with Crippen molar-refractivity contribution >= 4 is 23.8 Å². The molecule has 0 aromatic carbocycles. The molecule has 0 aliphatic carbocycles. The minimum absolute atomic E-state index is 0.345. The Morgan fingerprint density at radius 3 is 2.52 bits per heavy atom. The van der Waals surface area contributed by atoms with Crippen molar-refractivity contribution in [2.45, 2.75) is 58.1 Å². The van der Waals surface area contributed by atoms with E-state index in [9.17, 15) is 9.59 Å². The first-order chi connectivity index (χ1) is 9.76. The molecule has 120 valence electrons. The summed E-state index contributed by atoms with van der Waals surface area (Å²) in [4.78, 5) is 22.6. The quantitative estimate of drug-likeness (QED) is 0.634. The fraction of sp³-hybridized carbons (Fsp3) is 0.786. The molecule has 0 spiro atoms. The summed E-state index contributed by atoms with van der Waals surface area (Å²) in [6.45, 7) is 5.17. The topological polar surface area (TPSA) is 99.4 Å². The lowest BCUT2D eigenvalue weighted by Gasteiger charge is -2.21. The summed E-state index contributed by atoms with van der Waals surface area (Å²) in [6, 6.07) is 1.15. The molecule has 1 unspecified atom stereocenters. The molecule has 0 saturated carbocycles. The van der Waals surface area contributed by atoms with Gasteiger partial charge in [0.05, 0.1) is 6.07 Å². The minimum atomic E-state index is -1.06. The van der Waals surface area contributed by atoms with Crippen LogP contribution in [0.25, 0.3) is 0 Å². The molecular formula is C14H24N2O4S. The number of aliphatic carboxylic acids is 1. The van der Waals surface area contributed by atoms with Crippen molar-refractivity contribution in [2.75, 3.05) is 11.5 Å². The summed E-state index contributed by atoms with van der Waals surface area (Å²) >= 11 is 1.62. The Morgan fingerprint density at radius 2 is 2.00 bits per heavy atom. The van der Waals surface area contributed by atoms with Gasteiger partial charge >= 0.3 is 12.1 Å². The highest BCUT2D eigenvalue weighted by Gasteiger charge is 2.23. The van der Waals surface area contributed by atoms with Gasteiger partial charge in [0.2, 0.25) is 0 Å². The van der Waals surface area contributed by atoms with Crippen LogP contribution in [0.3, 0.4) is 0 Å². The van der Waals surface area contributed by atoms with Crippen molar-refractivity contribution in [3.05, 3.63) is 0 Å². The first-order valence-corrected chi connectivity index (χ1v) is 8.08. The average molecular weight is 316 g/mol. The molecule has 21 heavy (non-hydrogen) atoms. The molecule has 0 aliphatic heterocycles. The number of carboxylic acids is 1. The van der Waals surface area contributed by atoms with E-state index in [1.807, 2.05) is 0 Å². The Kier molecular flexibility index (Phi) is 9.63. The van der Waals surface area contributed by atoms with Crippen LogP contribution in [0.4, 0.5) is 4.79 Å². The van der Waals surface area contributed by atoms with Gasteiger partial charge in [-0.05, 0) is 51.5 Å². The number of nitrogens with one attached hydrogen (secondary N) is 1. The van der Waals surface area contributed by atoms with Crippen molar-refractivity contribution < 1.29 is 19.4 Å². The number of hydrogen-bond donors (Lipinski definition) is 2. The lowest BCUT2D eigenvalue weighted by Crippen LogP contribution is -2.43. The summed E-state index contributed by atoms with van der Waals surface area (Å²) in [6.07, 6.45) is 1.99. The van der Waals surface area contributed by atoms with Gasteiger partial charge in [0.1, 0.15) is 11.6 Å². The minimum Gasteiger partial charge on any atom is -0.480 e. The summed E-state index contributed by atoms with van der Waals surface area (Å²) in [7, 11) is 0. The number of amides is 1. The highest BCUT2D eigenvalue weighted by molar-refractivity contribution is 7.99. The second-order valence-electron chi connectivity index (χ2n) is 5.55. The molecule has 1 amide bonds. The van der Waals surface area contributed by atoms with Crippen LogP contribution in [0.2, 0.25) is 0 Å². The maximum Gasteiger partial charge on any atom is 0.408 e. The van der Waals surface area contributed by atoms with Crippen LogP contribution in [0.1, 0.15) is 46.5 Å². The highest BCUT2D eigenvalue weighted by Crippen LogP contribution is 2.11. The zero-order valence-corrected chi connectivity index (χ0v) is 13.7. The molecule has 7 heteroatoms. The average Bonchev–Trinajstić information content (AvgIpc) is 2.33. The van der Waals surface area contributed by atoms with Gasteiger partial charge in [-0.25, -0.2) is 9.59 Å². The first-order valence-electron chi connectivity index (χ1n) is 6.93. The summed E-state index contributed by atoms with van der Waals surface area (Å²) in [5.74, 6) is 0.464. The van der Waals surface area contributed by atoms with Crippen LogP contribution < -0.4 is 5.32 Å². The van der Waals surface area contributed by atoms with Crippen molar-refractivity contribution in [2.24, 2.45) is 0 Å². The molecule has 0 saturated heterocycles. The predicted molar refractivity (Wildman–Crippen MR) is 82.2 cm³/mol. The number of thioether (sulfide) groups is 1. The largest absolute Gasteiger partial charge is 0.480 e. The fourth-order valence-electron chi connectivity index (χ4n) is 1.42. The number of rotatable bonds is 9. The Bertz CT molecular complexity index is 374. The second kappa shape index (κ2) is 10.3. The van der Waals surface area contributed by atoms with E-state index in [0.29, 0.717) is 18.6 Å². The zero-order chi connectivity index (χ0) is 16.3. The predicted octanol–water partition coefficient (Wildman–Crippen LogP) is 2.78. The Balaban J connectivity index is 3.96. The van der Waals surface area contributed by atoms with Gasteiger partial charge in [0.25, 0.3) is 0 Å². The van der Waals surface area contributed by atoms with Crippen molar-refractivity contribution in [3.8, 4) is 6.07 Å². The standard InChI is InChI=1S/C14H24N2O4S/c1-14(2,3)20-13(19)16-11(12(17)18)7-10-21-9-6-4-5-8-15/h11H,4-7,9-10H2,1-3H3,(H,16,19)(H,17,18). The van der Waals surface area contributed by atoms with Crippen LogP contribution in [0.5, 0.6) is 0 Å². The van der Waals surface area contributed by atoms with Crippen LogP contribution in [0, 0.1) is 11.3 Å². The Hall–Kier alpha value is -1.42. The number of nitriles is 1. The normalized spacial score (nSPS) is 12.3. The van der Waals surface area contributed by atoms with Gasteiger partial charge < -0.3 is 15.2 Å². The molecule has 0 heterocycles. The summed E-state index contributed by atoms with van der Waals surface area (Å²) in [5, 5.41) is 19.8. The lowest BCUT2D eigenvalue weighted by molar-refractivity contribution is -0.139. The van der Waals surface area contributed by atoms with E-state index in [1.165, 1.54) is 0 Å². The maximum absolute atomic E-state index is 11.5. The lowest BCUT2D eigenvalue weighted by atomic mass is 10.2. The zero-order valence-electron chi connectivity index (χ0n) is 12.8. The third kappa shape index (κ3) is 12.1. The van der Waals surface area contributed by atoms with Gasteiger partial charge in [0.15, 0.2) is 0 Å². The number of hydrogen-bond acceptors (Lipinski definition) is 5. The van der Waals surface area contributed by atoms with Gasteiger partial charge in [-0.2, -0.15) is 17.0 Å². The Labute approximate surface area is 130 Å². The van der Waals surface area contributed by atoms with E-state index in [-0.39, 0.29) is 0 Å². The second-order valence-corrected chi connectivity index (χ2v) is 6.78. The third-order valence-corrected chi connectivity index (χ3v) is 3.47. The number of carboxylic acid groups (broad SMARTS) is 1. The number of alkyl carbamates (subject to hydrolysis) is 1. The number of carbonyl (C=O) groups excluding carboxylic acids is 1. The molecule has 2 N–H and O–H groups in total. The number of ether oxygens (including phenoxy) is 1. The van der Waals surface area contributed by atoms with E-state index in [0.717, 1.165) is 18.6 Å². The van der Waals surface area contributed by atoms with Crippen LogP contribution in [0.15, 0.2) is 0 Å². The van der Waals surface area contributed by atoms with E-state index < -0.39 is 23.7 Å².